The highest BCUT2D eigenvalue weighted by atomic mass is 32.2. The Morgan fingerprint density at radius 3 is 2.68 bits per heavy atom. The number of nitrogens with one attached hydrogen (secondary N) is 1. The maximum Gasteiger partial charge on any atom is 0.215 e. The summed E-state index contributed by atoms with van der Waals surface area (Å²) in [5.74, 6) is 0.106. The zero-order valence-corrected chi connectivity index (χ0v) is 15.2. The molecular formula is C15H20N4O4S2. The van der Waals surface area contributed by atoms with Gasteiger partial charge in [-0.15, -0.1) is 10.2 Å². The van der Waals surface area contributed by atoms with E-state index < -0.39 is 25.1 Å². The molecule has 8 nitrogen and oxygen atoms in total. The van der Waals surface area contributed by atoms with Crippen LogP contribution in [0.15, 0.2) is 36.7 Å². The summed E-state index contributed by atoms with van der Waals surface area (Å²) in [7, 11) is -6.95. The summed E-state index contributed by atoms with van der Waals surface area (Å²) >= 11 is 0. The number of aromatic nitrogens is 3. The first-order valence-electron chi connectivity index (χ1n) is 7.95. The van der Waals surface area contributed by atoms with Crippen molar-refractivity contribution in [1.82, 2.24) is 19.5 Å². The van der Waals surface area contributed by atoms with Crippen LogP contribution in [0.25, 0.3) is 0 Å². The Kier molecular flexibility index (Phi) is 5.21. The van der Waals surface area contributed by atoms with Gasteiger partial charge in [-0.1, -0.05) is 30.3 Å². The fourth-order valence-corrected chi connectivity index (χ4v) is 6.81. The minimum absolute atomic E-state index is 0.00628. The molecule has 0 bridgehead atoms. The van der Waals surface area contributed by atoms with Crippen molar-refractivity contribution < 1.29 is 16.8 Å². The molecule has 10 heteroatoms. The van der Waals surface area contributed by atoms with Crippen molar-refractivity contribution in [2.45, 2.75) is 31.2 Å². The molecule has 2 heterocycles. The van der Waals surface area contributed by atoms with Gasteiger partial charge >= 0.3 is 0 Å². The molecule has 0 aliphatic carbocycles. The number of benzene rings is 1. The van der Waals surface area contributed by atoms with Crippen LogP contribution < -0.4 is 4.72 Å². The van der Waals surface area contributed by atoms with Gasteiger partial charge in [0.2, 0.25) is 10.0 Å². The molecule has 1 N–H and O–H groups in total. The minimum Gasteiger partial charge on any atom is -0.316 e. The largest absolute Gasteiger partial charge is 0.316 e. The third-order valence-corrected chi connectivity index (χ3v) is 8.05. The fraction of sp³-hybridized carbons (Fsp3) is 0.467. The van der Waals surface area contributed by atoms with Crippen LogP contribution in [-0.2, 0) is 39.4 Å². The Morgan fingerprint density at radius 2 is 2.00 bits per heavy atom. The molecule has 1 aromatic heterocycles. The first-order valence-corrected chi connectivity index (χ1v) is 11.3. The van der Waals surface area contributed by atoms with Crippen LogP contribution in [0.1, 0.15) is 17.8 Å². The first-order chi connectivity index (χ1) is 11.9. The Bertz CT molecular complexity index is 923. The van der Waals surface area contributed by atoms with Crippen LogP contribution in [0.2, 0.25) is 0 Å². The smallest absolute Gasteiger partial charge is 0.215 e. The maximum absolute atomic E-state index is 12.3. The predicted molar refractivity (Wildman–Crippen MR) is 93.0 cm³/mol. The number of rotatable bonds is 7. The van der Waals surface area contributed by atoms with E-state index in [1.54, 1.807) is 10.9 Å². The fourth-order valence-electron chi connectivity index (χ4n) is 2.79. The molecule has 1 aromatic carbocycles. The average molecular weight is 384 g/mol. The summed E-state index contributed by atoms with van der Waals surface area (Å²) in [5, 5.41) is 6.90. The summed E-state index contributed by atoms with van der Waals surface area (Å²) in [6, 6.07) is 9.92. The lowest BCUT2D eigenvalue weighted by Crippen LogP contribution is -2.35. The lowest BCUT2D eigenvalue weighted by atomic mass is 10.1. The third kappa shape index (κ3) is 4.65. The van der Waals surface area contributed by atoms with Gasteiger partial charge in [0.05, 0.1) is 23.3 Å². The van der Waals surface area contributed by atoms with E-state index in [1.807, 2.05) is 30.3 Å². The van der Waals surface area contributed by atoms with Crippen molar-refractivity contribution in [2.24, 2.45) is 0 Å². The number of nitrogens with zero attached hydrogens (tertiary/aromatic N) is 3. The topological polar surface area (TPSA) is 111 Å². The van der Waals surface area contributed by atoms with E-state index in [4.69, 9.17) is 0 Å². The molecule has 1 atom stereocenters. The average Bonchev–Trinajstić information content (AvgIpc) is 3.18. The Balaban J connectivity index is 1.60. The zero-order chi connectivity index (χ0) is 17.9. The number of sulfonamides is 1. The van der Waals surface area contributed by atoms with Gasteiger partial charge in [-0.05, 0) is 18.4 Å². The normalized spacial score (nSPS) is 19.9. The van der Waals surface area contributed by atoms with E-state index in [-0.39, 0.29) is 24.5 Å². The van der Waals surface area contributed by atoms with E-state index in [2.05, 4.69) is 14.9 Å². The Morgan fingerprint density at radius 1 is 1.24 bits per heavy atom. The summed E-state index contributed by atoms with van der Waals surface area (Å²) in [5.41, 5.74) is 1.17. The molecule has 0 radical (unpaired) electrons. The number of aryl methyl sites for hydroxylation is 2. The minimum atomic E-state index is -3.70. The standard InChI is InChI=1S/C15H20N4O4S2/c20-24(21)9-7-14(11-24)25(22,23)17-10-15-18-16-12-19(15)8-6-13-4-2-1-3-5-13/h1-5,12,14,17H,6-11H2/t14-/m1/s1. The molecule has 3 rings (SSSR count). The molecule has 0 unspecified atom stereocenters. The van der Waals surface area contributed by atoms with Crippen molar-refractivity contribution in [3.63, 3.8) is 0 Å². The van der Waals surface area contributed by atoms with Crippen LogP contribution in [-0.4, -0.2) is 48.4 Å². The molecule has 1 aliphatic heterocycles. The van der Waals surface area contributed by atoms with Gasteiger partial charge in [0.1, 0.15) is 12.2 Å². The number of hydrogen-bond donors (Lipinski definition) is 1. The van der Waals surface area contributed by atoms with Gasteiger partial charge in [0.25, 0.3) is 0 Å². The van der Waals surface area contributed by atoms with Gasteiger partial charge in [-0.2, -0.15) is 0 Å². The number of sulfone groups is 1. The second kappa shape index (κ2) is 7.22. The van der Waals surface area contributed by atoms with Gasteiger partial charge < -0.3 is 4.57 Å². The van der Waals surface area contributed by atoms with Crippen molar-refractivity contribution in [3.05, 3.63) is 48.0 Å². The SMILES string of the molecule is O=S1(=O)CC[C@@H](S(=O)(=O)NCc2nncn2CCc2ccccc2)C1. The zero-order valence-electron chi connectivity index (χ0n) is 13.6. The molecule has 0 saturated carbocycles. The maximum atomic E-state index is 12.3. The molecular weight excluding hydrogens is 364 g/mol. The van der Waals surface area contributed by atoms with Crippen LogP contribution in [0, 0.1) is 0 Å². The molecule has 25 heavy (non-hydrogen) atoms. The summed E-state index contributed by atoms with van der Waals surface area (Å²) in [6.07, 6.45) is 2.48. The van der Waals surface area contributed by atoms with E-state index in [0.717, 1.165) is 6.42 Å². The van der Waals surface area contributed by atoms with E-state index >= 15 is 0 Å². The van der Waals surface area contributed by atoms with Crippen LogP contribution in [0.4, 0.5) is 0 Å². The van der Waals surface area contributed by atoms with Crippen molar-refractivity contribution in [1.29, 1.82) is 0 Å². The molecule has 0 spiro atoms. The second-order valence-electron chi connectivity index (χ2n) is 6.07. The lowest BCUT2D eigenvalue weighted by Gasteiger charge is -2.12. The highest BCUT2D eigenvalue weighted by Crippen LogP contribution is 2.18. The summed E-state index contributed by atoms with van der Waals surface area (Å²) in [4.78, 5) is 0. The number of hydrogen-bond acceptors (Lipinski definition) is 6. The van der Waals surface area contributed by atoms with Crippen LogP contribution in [0.5, 0.6) is 0 Å². The quantitative estimate of drug-likeness (QED) is 0.726. The molecule has 1 saturated heterocycles. The van der Waals surface area contributed by atoms with E-state index in [1.165, 1.54) is 5.56 Å². The summed E-state index contributed by atoms with van der Waals surface area (Å²) < 4.78 is 51.8. The Hall–Kier alpha value is -1.78. The lowest BCUT2D eigenvalue weighted by molar-refractivity contribution is 0.560. The third-order valence-electron chi connectivity index (χ3n) is 4.24. The second-order valence-corrected chi connectivity index (χ2v) is 10.3. The molecule has 0 amide bonds. The van der Waals surface area contributed by atoms with Gasteiger partial charge in [-0.25, -0.2) is 21.6 Å². The van der Waals surface area contributed by atoms with Crippen LogP contribution >= 0.6 is 0 Å². The van der Waals surface area contributed by atoms with Gasteiger partial charge in [-0.3, -0.25) is 0 Å². The molecule has 1 fully saturated rings. The van der Waals surface area contributed by atoms with Crippen molar-refractivity contribution in [3.8, 4) is 0 Å². The molecule has 2 aromatic rings. The van der Waals surface area contributed by atoms with Crippen LogP contribution in [0.3, 0.4) is 0 Å². The van der Waals surface area contributed by atoms with Gasteiger partial charge in [0, 0.05) is 6.54 Å². The van der Waals surface area contributed by atoms with E-state index in [9.17, 15) is 16.8 Å². The van der Waals surface area contributed by atoms with Gasteiger partial charge in [0.15, 0.2) is 9.84 Å². The monoisotopic (exact) mass is 384 g/mol. The molecule has 136 valence electrons. The first kappa shape index (κ1) is 18.0. The van der Waals surface area contributed by atoms with Crippen molar-refractivity contribution in [2.75, 3.05) is 11.5 Å². The Labute approximate surface area is 147 Å². The van der Waals surface area contributed by atoms with Crippen molar-refractivity contribution >= 4 is 19.9 Å². The molecule has 1 aliphatic rings. The predicted octanol–water partition coefficient (Wildman–Crippen LogP) is 0.127. The highest BCUT2D eigenvalue weighted by Gasteiger charge is 2.37. The highest BCUT2D eigenvalue weighted by molar-refractivity contribution is 7.95. The summed E-state index contributed by atoms with van der Waals surface area (Å²) in [6.45, 7) is 0.625. The van der Waals surface area contributed by atoms with E-state index in [0.29, 0.717) is 12.4 Å².